The van der Waals surface area contributed by atoms with Gasteiger partial charge in [0.15, 0.2) is 5.96 Å². The van der Waals surface area contributed by atoms with E-state index < -0.39 is 0 Å². The predicted octanol–water partition coefficient (Wildman–Crippen LogP) is 2.02. The van der Waals surface area contributed by atoms with E-state index >= 15 is 0 Å². The fourth-order valence-corrected chi connectivity index (χ4v) is 2.28. The molecule has 0 aromatic heterocycles. The largest absolute Gasteiger partial charge is 0.354 e. The van der Waals surface area contributed by atoms with E-state index in [1.54, 1.807) is 0 Å². The highest BCUT2D eigenvalue weighted by Gasteiger charge is 2.34. The fourth-order valence-electron chi connectivity index (χ4n) is 2.28. The molecule has 1 rings (SSSR count). The highest BCUT2D eigenvalue weighted by molar-refractivity contribution is 5.80. The van der Waals surface area contributed by atoms with Gasteiger partial charge in [-0.25, -0.2) is 0 Å². The lowest BCUT2D eigenvalue weighted by Gasteiger charge is -2.34. The van der Waals surface area contributed by atoms with E-state index in [4.69, 9.17) is 0 Å². The van der Waals surface area contributed by atoms with E-state index in [2.05, 4.69) is 61.9 Å². The molecule has 1 atom stereocenters. The molecule has 4 heteroatoms. The van der Waals surface area contributed by atoms with Crippen molar-refractivity contribution in [1.82, 2.24) is 15.1 Å². The highest BCUT2D eigenvalue weighted by atomic mass is 15.3. The molecule has 0 aromatic carbocycles. The second-order valence-corrected chi connectivity index (χ2v) is 6.94. The molecule has 0 saturated carbocycles. The first-order chi connectivity index (χ1) is 8.74. The Morgan fingerprint density at radius 2 is 2.05 bits per heavy atom. The number of nitrogens with one attached hydrogen (secondary N) is 1. The van der Waals surface area contributed by atoms with Crippen LogP contribution in [-0.2, 0) is 0 Å². The molecule has 1 unspecified atom stereocenters. The van der Waals surface area contributed by atoms with Crippen LogP contribution in [0.3, 0.4) is 0 Å². The van der Waals surface area contributed by atoms with Crippen molar-refractivity contribution in [3.8, 4) is 0 Å². The van der Waals surface area contributed by atoms with Crippen molar-refractivity contribution >= 4 is 5.96 Å². The number of likely N-dealkylation sites (N-methyl/N-ethyl adjacent to an activating group) is 1. The number of nitrogens with zero attached hydrogens (tertiary/aromatic N) is 3. The number of guanidine groups is 1. The Balaban J connectivity index is 2.57. The normalized spacial score (nSPS) is 25.3. The summed E-state index contributed by atoms with van der Waals surface area (Å²) >= 11 is 0. The molecule has 0 spiro atoms. The SMILES string of the molecule is CCC1(C)CCN(C(=NC)NCC(C)(C)N(C)C)C1. The maximum absolute atomic E-state index is 4.45. The summed E-state index contributed by atoms with van der Waals surface area (Å²) < 4.78 is 0. The van der Waals surface area contributed by atoms with Crippen LogP contribution in [0.2, 0.25) is 0 Å². The van der Waals surface area contributed by atoms with Gasteiger partial charge in [-0.05, 0) is 46.2 Å². The number of hydrogen-bond acceptors (Lipinski definition) is 2. The van der Waals surface area contributed by atoms with Gasteiger partial charge in [0, 0.05) is 32.2 Å². The Hall–Kier alpha value is -0.770. The molecule has 1 heterocycles. The van der Waals surface area contributed by atoms with Gasteiger partial charge in [-0.2, -0.15) is 0 Å². The topological polar surface area (TPSA) is 30.9 Å². The summed E-state index contributed by atoms with van der Waals surface area (Å²) in [6, 6.07) is 0. The lowest BCUT2D eigenvalue weighted by molar-refractivity contribution is 0.196. The summed E-state index contributed by atoms with van der Waals surface area (Å²) in [7, 11) is 6.12. The van der Waals surface area contributed by atoms with Gasteiger partial charge in [-0.15, -0.1) is 0 Å². The summed E-state index contributed by atoms with van der Waals surface area (Å²) in [4.78, 5) is 9.09. The third kappa shape index (κ3) is 4.10. The molecule has 19 heavy (non-hydrogen) atoms. The first kappa shape index (κ1) is 16.3. The van der Waals surface area contributed by atoms with Crippen molar-refractivity contribution in [2.24, 2.45) is 10.4 Å². The van der Waals surface area contributed by atoms with Crippen LogP contribution >= 0.6 is 0 Å². The molecule has 4 nitrogen and oxygen atoms in total. The van der Waals surface area contributed by atoms with Gasteiger partial charge in [0.1, 0.15) is 0 Å². The summed E-state index contributed by atoms with van der Waals surface area (Å²) in [6.45, 7) is 12.3. The Kier molecular flexibility index (Phi) is 5.25. The number of rotatable bonds is 4. The highest BCUT2D eigenvalue weighted by Crippen LogP contribution is 2.32. The Morgan fingerprint density at radius 1 is 1.42 bits per heavy atom. The zero-order chi connectivity index (χ0) is 14.7. The standard InChI is InChI=1S/C15H32N4/c1-8-15(4)9-10-19(12-15)13(16-5)17-11-14(2,3)18(6)7/h8-12H2,1-7H3,(H,16,17). The summed E-state index contributed by atoms with van der Waals surface area (Å²) in [5, 5.41) is 3.53. The Bertz CT molecular complexity index is 322. The minimum atomic E-state index is 0.129. The van der Waals surface area contributed by atoms with Gasteiger partial charge < -0.3 is 15.1 Å². The molecular weight excluding hydrogens is 236 g/mol. The van der Waals surface area contributed by atoms with Crippen molar-refractivity contribution in [3.63, 3.8) is 0 Å². The summed E-state index contributed by atoms with van der Waals surface area (Å²) in [6.07, 6.45) is 2.50. The minimum Gasteiger partial charge on any atom is -0.354 e. The lowest BCUT2D eigenvalue weighted by Crippen LogP contribution is -2.51. The van der Waals surface area contributed by atoms with Crippen LogP contribution in [0, 0.1) is 5.41 Å². The van der Waals surface area contributed by atoms with Gasteiger partial charge in [-0.3, -0.25) is 4.99 Å². The van der Waals surface area contributed by atoms with E-state index in [0.717, 1.165) is 25.6 Å². The molecule has 0 amide bonds. The van der Waals surface area contributed by atoms with Crippen LogP contribution in [0.4, 0.5) is 0 Å². The maximum Gasteiger partial charge on any atom is 0.193 e. The van der Waals surface area contributed by atoms with Crippen LogP contribution in [0.1, 0.15) is 40.5 Å². The van der Waals surface area contributed by atoms with Gasteiger partial charge in [0.2, 0.25) is 0 Å². The second-order valence-electron chi connectivity index (χ2n) is 6.94. The third-order valence-electron chi connectivity index (χ3n) is 4.81. The molecule has 1 saturated heterocycles. The van der Waals surface area contributed by atoms with Gasteiger partial charge in [-0.1, -0.05) is 13.8 Å². The summed E-state index contributed by atoms with van der Waals surface area (Å²) in [5.41, 5.74) is 0.582. The average molecular weight is 268 g/mol. The Labute approximate surface area is 119 Å². The molecule has 1 N–H and O–H groups in total. The van der Waals surface area contributed by atoms with E-state index in [9.17, 15) is 0 Å². The van der Waals surface area contributed by atoms with Gasteiger partial charge in [0.05, 0.1) is 0 Å². The van der Waals surface area contributed by atoms with E-state index in [-0.39, 0.29) is 5.54 Å². The molecule has 1 aliphatic heterocycles. The number of likely N-dealkylation sites (tertiary alicyclic amines) is 1. The lowest BCUT2D eigenvalue weighted by atomic mass is 9.87. The molecule has 0 aromatic rings. The van der Waals surface area contributed by atoms with Crippen LogP contribution < -0.4 is 5.32 Å². The Morgan fingerprint density at radius 3 is 2.47 bits per heavy atom. The van der Waals surface area contributed by atoms with Gasteiger partial charge >= 0.3 is 0 Å². The zero-order valence-corrected chi connectivity index (χ0v) is 13.9. The fraction of sp³-hybridized carbons (Fsp3) is 0.933. The quantitative estimate of drug-likeness (QED) is 0.625. The van der Waals surface area contributed by atoms with E-state index in [1.807, 2.05) is 7.05 Å². The number of aliphatic imine (C=N–C) groups is 1. The molecular formula is C15H32N4. The van der Waals surface area contributed by atoms with Crippen LogP contribution in [0.5, 0.6) is 0 Å². The van der Waals surface area contributed by atoms with Gasteiger partial charge in [0.25, 0.3) is 0 Å². The molecule has 1 fully saturated rings. The van der Waals surface area contributed by atoms with Crippen molar-refractivity contribution in [1.29, 1.82) is 0 Å². The monoisotopic (exact) mass is 268 g/mol. The first-order valence-corrected chi connectivity index (χ1v) is 7.37. The van der Waals surface area contributed by atoms with Crippen molar-refractivity contribution in [2.45, 2.75) is 46.1 Å². The third-order valence-corrected chi connectivity index (χ3v) is 4.81. The minimum absolute atomic E-state index is 0.129. The smallest absolute Gasteiger partial charge is 0.193 e. The molecule has 112 valence electrons. The summed E-state index contributed by atoms with van der Waals surface area (Å²) in [5.74, 6) is 1.05. The van der Waals surface area contributed by atoms with Crippen LogP contribution in [0.25, 0.3) is 0 Å². The van der Waals surface area contributed by atoms with Crippen molar-refractivity contribution < 1.29 is 0 Å². The molecule has 0 bridgehead atoms. The van der Waals surface area contributed by atoms with Crippen molar-refractivity contribution in [2.75, 3.05) is 40.8 Å². The maximum atomic E-state index is 4.45. The van der Waals surface area contributed by atoms with Crippen LogP contribution in [0.15, 0.2) is 4.99 Å². The molecule has 0 radical (unpaired) electrons. The zero-order valence-electron chi connectivity index (χ0n) is 13.9. The van der Waals surface area contributed by atoms with E-state index in [1.165, 1.54) is 12.8 Å². The molecule has 1 aliphatic rings. The first-order valence-electron chi connectivity index (χ1n) is 7.37. The molecule has 0 aliphatic carbocycles. The predicted molar refractivity (Wildman–Crippen MR) is 83.7 cm³/mol. The van der Waals surface area contributed by atoms with E-state index in [0.29, 0.717) is 5.41 Å². The van der Waals surface area contributed by atoms with Crippen LogP contribution in [-0.4, -0.2) is 62.1 Å². The average Bonchev–Trinajstić information content (AvgIpc) is 2.73. The number of hydrogen-bond donors (Lipinski definition) is 1. The second kappa shape index (κ2) is 6.12. The van der Waals surface area contributed by atoms with Crippen molar-refractivity contribution in [3.05, 3.63) is 0 Å².